The zero-order valence-electron chi connectivity index (χ0n) is 20.4. The van der Waals surface area contributed by atoms with Crippen molar-refractivity contribution in [1.82, 2.24) is 0 Å². The SMILES string of the molecule is CC1=CCC([C@@H](C)[C@@]2(O)CC[C@H]3[C@@H]4[C@@H]5O[C@@H]5[C@@]5(O)CC=CC(=O)[C@]5(C)[C@H]4C[C@H](O)[C@@]32C)OC1=O. The lowest BCUT2D eigenvalue weighted by atomic mass is 9.42. The number of cyclic esters (lactones) is 1. The van der Waals surface area contributed by atoms with Gasteiger partial charge in [0.25, 0.3) is 0 Å². The molecule has 186 valence electrons. The van der Waals surface area contributed by atoms with Crippen LogP contribution in [0.3, 0.4) is 0 Å². The minimum absolute atomic E-state index is 0.0311. The average molecular weight is 473 g/mol. The summed E-state index contributed by atoms with van der Waals surface area (Å²) in [6.45, 7) is 7.47. The summed E-state index contributed by atoms with van der Waals surface area (Å²) in [7, 11) is 0. The first-order valence-electron chi connectivity index (χ1n) is 12.8. The highest BCUT2D eigenvalue weighted by Crippen LogP contribution is 2.72. The molecule has 0 amide bonds. The van der Waals surface area contributed by atoms with Gasteiger partial charge in [0.05, 0.1) is 23.2 Å². The molecule has 2 heterocycles. The normalized spacial score (nSPS) is 56.4. The van der Waals surface area contributed by atoms with Crippen molar-refractivity contribution in [2.24, 2.45) is 34.5 Å². The molecule has 34 heavy (non-hydrogen) atoms. The van der Waals surface area contributed by atoms with Gasteiger partial charge in [0, 0.05) is 23.3 Å². The van der Waals surface area contributed by atoms with Crippen LogP contribution < -0.4 is 0 Å². The van der Waals surface area contributed by atoms with E-state index in [2.05, 4.69) is 0 Å². The molecular weight excluding hydrogens is 436 g/mol. The largest absolute Gasteiger partial charge is 0.458 e. The van der Waals surface area contributed by atoms with E-state index in [0.29, 0.717) is 37.7 Å². The molecule has 0 aromatic carbocycles. The molecule has 1 unspecified atom stereocenters. The summed E-state index contributed by atoms with van der Waals surface area (Å²) >= 11 is 0. The first-order valence-corrected chi connectivity index (χ1v) is 12.8. The Kier molecular flexibility index (Phi) is 4.59. The van der Waals surface area contributed by atoms with Crippen LogP contribution in [0.25, 0.3) is 0 Å². The van der Waals surface area contributed by atoms with Gasteiger partial charge in [0.2, 0.25) is 0 Å². The van der Waals surface area contributed by atoms with Gasteiger partial charge in [-0.3, -0.25) is 4.79 Å². The second kappa shape index (κ2) is 6.81. The fourth-order valence-corrected chi connectivity index (χ4v) is 9.04. The number of fused-ring (bicyclic) bond motifs is 8. The molecule has 4 fully saturated rings. The number of esters is 1. The lowest BCUT2D eigenvalue weighted by Gasteiger charge is -2.62. The minimum Gasteiger partial charge on any atom is -0.458 e. The van der Waals surface area contributed by atoms with E-state index < -0.39 is 40.3 Å². The zero-order valence-corrected chi connectivity index (χ0v) is 20.4. The molecule has 7 nitrogen and oxygen atoms in total. The summed E-state index contributed by atoms with van der Waals surface area (Å²) in [4.78, 5) is 25.5. The fraction of sp³-hybridized carbons (Fsp3) is 0.778. The number of ether oxygens (including phenoxy) is 2. The van der Waals surface area contributed by atoms with Gasteiger partial charge in [-0.2, -0.15) is 0 Å². The van der Waals surface area contributed by atoms with Gasteiger partial charge >= 0.3 is 5.97 Å². The summed E-state index contributed by atoms with van der Waals surface area (Å²) in [5.41, 5.74) is -3.79. The number of hydrogen-bond acceptors (Lipinski definition) is 7. The van der Waals surface area contributed by atoms with E-state index >= 15 is 0 Å². The third-order valence-corrected chi connectivity index (χ3v) is 11.4. The molecule has 0 aromatic rings. The van der Waals surface area contributed by atoms with E-state index in [1.54, 1.807) is 19.1 Å². The standard InChI is InChI=1S/C27H36O7/c1-13-7-8-17(33-23(13)30)14(2)26(31)11-9-15-20-16(12-19(29)24(15,26)3)25(4)18(28)6-5-10-27(25,32)22-21(20)34-22/h5-7,14-17,19-22,29,31-32H,8-12H2,1-4H3/t14-,15+,16+,17?,19+,20+,21+,22+,24-,25+,26+,27+/m1/s1. The van der Waals surface area contributed by atoms with Gasteiger partial charge in [0.15, 0.2) is 5.78 Å². The topological polar surface area (TPSA) is 117 Å². The highest BCUT2D eigenvalue weighted by Gasteiger charge is 2.80. The average Bonchev–Trinajstić information content (AvgIpc) is 3.54. The van der Waals surface area contributed by atoms with E-state index in [0.717, 1.165) is 0 Å². The number of carbonyl (C=O) groups excluding carboxylic acids is 2. The van der Waals surface area contributed by atoms with Crippen molar-refractivity contribution in [3.8, 4) is 0 Å². The molecule has 12 atom stereocenters. The maximum atomic E-state index is 13.3. The second-order valence-electron chi connectivity index (χ2n) is 12.3. The lowest BCUT2D eigenvalue weighted by Crippen LogP contribution is -2.71. The van der Waals surface area contributed by atoms with Crippen molar-refractivity contribution >= 4 is 11.8 Å². The van der Waals surface area contributed by atoms with Crippen molar-refractivity contribution < 1.29 is 34.4 Å². The third kappa shape index (κ3) is 2.42. The molecule has 2 aliphatic heterocycles. The summed E-state index contributed by atoms with van der Waals surface area (Å²) in [6, 6.07) is 0. The Morgan fingerprint density at radius 3 is 2.62 bits per heavy atom. The number of hydrogen-bond donors (Lipinski definition) is 3. The van der Waals surface area contributed by atoms with Gasteiger partial charge < -0.3 is 24.8 Å². The van der Waals surface area contributed by atoms with Gasteiger partial charge in [-0.1, -0.05) is 26.0 Å². The molecule has 1 saturated heterocycles. The molecule has 6 aliphatic rings. The molecule has 3 saturated carbocycles. The predicted molar refractivity (Wildman–Crippen MR) is 121 cm³/mol. The highest BCUT2D eigenvalue weighted by atomic mass is 16.6. The second-order valence-corrected chi connectivity index (χ2v) is 12.3. The Morgan fingerprint density at radius 1 is 1.18 bits per heavy atom. The van der Waals surface area contributed by atoms with E-state index in [1.165, 1.54) is 0 Å². The van der Waals surface area contributed by atoms with Crippen LogP contribution in [-0.2, 0) is 19.1 Å². The van der Waals surface area contributed by atoms with Crippen LogP contribution in [-0.4, -0.2) is 62.7 Å². The van der Waals surface area contributed by atoms with E-state index in [4.69, 9.17) is 9.47 Å². The van der Waals surface area contributed by atoms with Crippen LogP contribution in [0.1, 0.15) is 59.8 Å². The van der Waals surface area contributed by atoms with Crippen LogP contribution >= 0.6 is 0 Å². The van der Waals surface area contributed by atoms with Crippen molar-refractivity contribution in [3.63, 3.8) is 0 Å². The Hall–Kier alpha value is -1.54. The molecular formula is C27H36O7. The van der Waals surface area contributed by atoms with Crippen LogP contribution in [0.15, 0.2) is 23.8 Å². The number of epoxide rings is 1. The Morgan fingerprint density at radius 2 is 1.91 bits per heavy atom. The van der Waals surface area contributed by atoms with Crippen LogP contribution in [0.4, 0.5) is 0 Å². The Labute approximate surface area is 200 Å². The van der Waals surface area contributed by atoms with Gasteiger partial charge in [0.1, 0.15) is 17.8 Å². The zero-order chi connectivity index (χ0) is 24.4. The first-order chi connectivity index (χ1) is 15.9. The minimum atomic E-state index is -1.26. The van der Waals surface area contributed by atoms with Gasteiger partial charge in [-0.25, -0.2) is 4.79 Å². The monoisotopic (exact) mass is 472 g/mol. The molecule has 7 heteroatoms. The number of allylic oxidation sites excluding steroid dienone is 1. The molecule has 0 aromatic heterocycles. The van der Waals surface area contributed by atoms with E-state index in [-0.39, 0.29) is 41.5 Å². The van der Waals surface area contributed by atoms with Crippen LogP contribution in [0, 0.1) is 34.5 Å². The lowest BCUT2D eigenvalue weighted by molar-refractivity contribution is -0.234. The first kappa shape index (κ1) is 22.9. The maximum absolute atomic E-state index is 13.3. The third-order valence-electron chi connectivity index (χ3n) is 11.4. The molecule has 6 rings (SSSR count). The van der Waals surface area contributed by atoms with Crippen molar-refractivity contribution in [3.05, 3.63) is 23.8 Å². The summed E-state index contributed by atoms with van der Waals surface area (Å²) in [5, 5.41) is 35.6. The van der Waals surface area contributed by atoms with E-state index in [9.17, 15) is 24.9 Å². The molecule has 0 radical (unpaired) electrons. The van der Waals surface area contributed by atoms with Gasteiger partial charge in [-0.15, -0.1) is 0 Å². The Balaban J connectivity index is 1.38. The summed E-state index contributed by atoms with van der Waals surface area (Å²) in [5.74, 6) is -1.15. The van der Waals surface area contributed by atoms with Crippen LogP contribution in [0.2, 0.25) is 0 Å². The van der Waals surface area contributed by atoms with Crippen molar-refractivity contribution in [2.45, 2.75) is 95.4 Å². The molecule has 4 aliphatic carbocycles. The van der Waals surface area contributed by atoms with Crippen molar-refractivity contribution in [1.29, 1.82) is 0 Å². The smallest absolute Gasteiger partial charge is 0.333 e. The fourth-order valence-electron chi connectivity index (χ4n) is 9.04. The number of aliphatic hydroxyl groups is 3. The summed E-state index contributed by atoms with van der Waals surface area (Å²) < 4.78 is 11.8. The maximum Gasteiger partial charge on any atom is 0.333 e. The number of aliphatic hydroxyl groups excluding tert-OH is 1. The van der Waals surface area contributed by atoms with Crippen molar-refractivity contribution in [2.75, 3.05) is 0 Å². The molecule has 3 N–H and O–H groups in total. The Bertz CT molecular complexity index is 1020. The molecule has 0 bridgehead atoms. The highest BCUT2D eigenvalue weighted by molar-refractivity contribution is 5.97. The number of rotatable bonds is 2. The van der Waals surface area contributed by atoms with E-state index in [1.807, 2.05) is 26.8 Å². The predicted octanol–water partition coefficient (Wildman–Crippen LogP) is 2.08. The molecule has 0 spiro atoms. The number of carbonyl (C=O) groups is 2. The quantitative estimate of drug-likeness (QED) is 0.416. The van der Waals surface area contributed by atoms with Crippen LogP contribution in [0.5, 0.6) is 0 Å². The van der Waals surface area contributed by atoms with Gasteiger partial charge in [-0.05, 0) is 63.4 Å². The summed E-state index contributed by atoms with van der Waals surface area (Å²) in [6.07, 6.45) is 5.72. The number of ketones is 1.